The van der Waals surface area contributed by atoms with Gasteiger partial charge in [-0.1, -0.05) is 12.1 Å². The number of halogens is 3. The van der Waals surface area contributed by atoms with Crippen molar-refractivity contribution in [2.75, 3.05) is 26.2 Å². The summed E-state index contributed by atoms with van der Waals surface area (Å²) in [6.07, 6.45) is 0. The van der Waals surface area contributed by atoms with E-state index in [1.54, 1.807) is 0 Å². The molecule has 0 saturated carbocycles. The Morgan fingerprint density at radius 1 is 1.21 bits per heavy atom. The summed E-state index contributed by atoms with van der Waals surface area (Å²) >= 11 is 0. The molecule has 19 heavy (non-hydrogen) atoms. The summed E-state index contributed by atoms with van der Waals surface area (Å²) in [6.45, 7) is 2.94. The lowest BCUT2D eigenvalue weighted by molar-refractivity contribution is -0.143. The topological polar surface area (TPSA) is 52.6 Å². The van der Waals surface area contributed by atoms with Gasteiger partial charge in [0, 0.05) is 26.2 Å². The highest BCUT2D eigenvalue weighted by Crippen LogP contribution is 2.21. The number of nitrogens with zero attached hydrogens (tertiary/aromatic N) is 1. The number of carboxylic acid groups (broad SMARTS) is 1. The predicted octanol–water partition coefficient (Wildman–Crippen LogP) is -5.14. The molecule has 0 spiro atoms. The van der Waals surface area contributed by atoms with Crippen LogP contribution in [0, 0.1) is 5.82 Å². The molecule has 1 atom stereocenters. The van der Waals surface area contributed by atoms with E-state index in [9.17, 15) is 14.3 Å². The molecule has 108 valence electrons. The van der Waals surface area contributed by atoms with Gasteiger partial charge in [0.25, 0.3) is 0 Å². The van der Waals surface area contributed by atoms with Gasteiger partial charge < -0.3 is 35.2 Å². The molecule has 2 N–H and O–H groups in total. The molecule has 0 bridgehead atoms. The van der Waals surface area contributed by atoms with Crippen molar-refractivity contribution in [3.63, 3.8) is 0 Å². The van der Waals surface area contributed by atoms with Crippen LogP contribution in [-0.2, 0) is 4.79 Å². The number of rotatable bonds is 3. The van der Waals surface area contributed by atoms with Crippen molar-refractivity contribution in [2.45, 2.75) is 6.04 Å². The predicted molar refractivity (Wildman–Crippen MR) is 61.2 cm³/mol. The van der Waals surface area contributed by atoms with Crippen LogP contribution in [0.5, 0.6) is 0 Å². The SMILES string of the molecule is O=C(O)C(c1ccc(F)cc1)N1CCNCC1.[Cl-].[Cl-]. The highest BCUT2D eigenvalue weighted by molar-refractivity contribution is 5.75. The van der Waals surface area contributed by atoms with Gasteiger partial charge in [-0.15, -0.1) is 0 Å². The molecular formula is C12H15Cl2FN2O2-2. The molecule has 1 saturated heterocycles. The van der Waals surface area contributed by atoms with E-state index in [0.717, 1.165) is 13.1 Å². The average Bonchev–Trinajstić information content (AvgIpc) is 2.33. The summed E-state index contributed by atoms with van der Waals surface area (Å²) in [5.74, 6) is -1.24. The molecular weight excluding hydrogens is 294 g/mol. The number of hydrogen-bond donors (Lipinski definition) is 2. The molecule has 2 rings (SSSR count). The van der Waals surface area contributed by atoms with E-state index in [-0.39, 0.29) is 30.6 Å². The van der Waals surface area contributed by atoms with E-state index in [1.165, 1.54) is 24.3 Å². The van der Waals surface area contributed by atoms with E-state index >= 15 is 0 Å². The molecule has 1 aliphatic heterocycles. The van der Waals surface area contributed by atoms with Crippen molar-refractivity contribution in [3.05, 3.63) is 35.6 Å². The van der Waals surface area contributed by atoms with Gasteiger partial charge in [0.2, 0.25) is 0 Å². The van der Waals surface area contributed by atoms with Gasteiger partial charge in [0.1, 0.15) is 11.9 Å². The Labute approximate surface area is 123 Å². The Balaban J connectivity index is 0.00000162. The van der Waals surface area contributed by atoms with Gasteiger partial charge >= 0.3 is 5.97 Å². The van der Waals surface area contributed by atoms with Crippen LogP contribution >= 0.6 is 0 Å². The monoisotopic (exact) mass is 308 g/mol. The third-order valence-corrected chi connectivity index (χ3v) is 2.94. The van der Waals surface area contributed by atoms with Crippen LogP contribution in [0.15, 0.2) is 24.3 Å². The zero-order valence-corrected chi connectivity index (χ0v) is 11.7. The number of benzene rings is 1. The van der Waals surface area contributed by atoms with Crippen molar-refractivity contribution < 1.29 is 39.1 Å². The first-order valence-electron chi connectivity index (χ1n) is 5.61. The second-order valence-electron chi connectivity index (χ2n) is 4.08. The van der Waals surface area contributed by atoms with Gasteiger partial charge in [-0.3, -0.25) is 9.69 Å². The molecule has 7 heteroatoms. The lowest BCUT2D eigenvalue weighted by Crippen LogP contribution is -3.00. The first-order chi connectivity index (χ1) is 8.18. The first kappa shape index (κ1) is 18.1. The van der Waals surface area contributed by atoms with Gasteiger partial charge in [-0.05, 0) is 17.7 Å². The summed E-state index contributed by atoms with van der Waals surface area (Å²) in [6, 6.07) is 4.99. The van der Waals surface area contributed by atoms with E-state index in [1.807, 2.05) is 4.90 Å². The minimum atomic E-state index is -0.890. The minimum absolute atomic E-state index is 0. The van der Waals surface area contributed by atoms with Gasteiger partial charge in [-0.2, -0.15) is 0 Å². The van der Waals surface area contributed by atoms with Gasteiger partial charge in [-0.25, -0.2) is 4.39 Å². The summed E-state index contributed by atoms with van der Waals surface area (Å²) in [5.41, 5.74) is 0.626. The van der Waals surface area contributed by atoms with Crippen LogP contribution < -0.4 is 30.1 Å². The Morgan fingerprint density at radius 2 is 1.74 bits per heavy atom. The Kier molecular flexibility index (Phi) is 7.94. The number of aliphatic carboxylic acids is 1. The zero-order chi connectivity index (χ0) is 12.3. The van der Waals surface area contributed by atoms with Crippen LogP contribution in [0.3, 0.4) is 0 Å². The molecule has 1 aliphatic rings. The van der Waals surface area contributed by atoms with Crippen molar-refractivity contribution in [1.29, 1.82) is 0 Å². The fourth-order valence-corrected chi connectivity index (χ4v) is 2.09. The Morgan fingerprint density at radius 3 is 2.21 bits per heavy atom. The summed E-state index contributed by atoms with van der Waals surface area (Å²) < 4.78 is 12.8. The third kappa shape index (κ3) is 4.62. The summed E-state index contributed by atoms with van der Waals surface area (Å²) in [5, 5.41) is 12.5. The van der Waals surface area contributed by atoms with Crippen molar-refractivity contribution >= 4 is 5.97 Å². The number of piperazine rings is 1. The van der Waals surface area contributed by atoms with Crippen molar-refractivity contribution in [1.82, 2.24) is 10.2 Å². The molecule has 0 amide bonds. The number of carbonyl (C=O) groups is 1. The number of nitrogens with one attached hydrogen (secondary N) is 1. The second-order valence-corrected chi connectivity index (χ2v) is 4.08. The van der Waals surface area contributed by atoms with Crippen LogP contribution in [0.4, 0.5) is 4.39 Å². The second kappa shape index (κ2) is 8.32. The Hall–Kier alpha value is -0.880. The van der Waals surface area contributed by atoms with Crippen molar-refractivity contribution in [2.24, 2.45) is 0 Å². The van der Waals surface area contributed by atoms with E-state index in [0.29, 0.717) is 18.7 Å². The van der Waals surface area contributed by atoms with E-state index in [2.05, 4.69) is 5.32 Å². The number of carboxylic acids is 1. The van der Waals surface area contributed by atoms with Crippen LogP contribution in [-0.4, -0.2) is 42.2 Å². The molecule has 1 aromatic carbocycles. The molecule has 0 aromatic heterocycles. The van der Waals surface area contributed by atoms with Gasteiger partial charge in [0.05, 0.1) is 0 Å². The molecule has 0 radical (unpaired) electrons. The molecule has 4 nitrogen and oxygen atoms in total. The fraction of sp³-hybridized carbons (Fsp3) is 0.417. The maximum absolute atomic E-state index is 12.8. The van der Waals surface area contributed by atoms with E-state index < -0.39 is 12.0 Å². The van der Waals surface area contributed by atoms with Crippen LogP contribution in [0.25, 0.3) is 0 Å². The lowest BCUT2D eigenvalue weighted by atomic mass is 10.0. The maximum Gasteiger partial charge on any atom is 0.325 e. The van der Waals surface area contributed by atoms with E-state index in [4.69, 9.17) is 0 Å². The molecule has 1 heterocycles. The largest absolute Gasteiger partial charge is 1.00 e. The summed E-state index contributed by atoms with van der Waals surface area (Å²) in [4.78, 5) is 13.2. The highest BCUT2D eigenvalue weighted by atomic mass is 35.5. The van der Waals surface area contributed by atoms with Crippen LogP contribution in [0.1, 0.15) is 11.6 Å². The fourth-order valence-electron chi connectivity index (χ4n) is 2.09. The molecule has 1 unspecified atom stereocenters. The average molecular weight is 309 g/mol. The third-order valence-electron chi connectivity index (χ3n) is 2.94. The summed E-state index contributed by atoms with van der Waals surface area (Å²) in [7, 11) is 0. The lowest BCUT2D eigenvalue weighted by Gasteiger charge is -2.32. The standard InChI is InChI=1S/C12H15FN2O2.2ClH/c13-10-3-1-9(2-4-10)11(12(16)17)15-7-5-14-6-8-15;;/h1-4,11,14H,5-8H2,(H,16,17);2*1H/p-2. The number of hydrogen-bond acceptors (Lipinski definition) is 3. The maximum atomic E-state index is 12.8. The van der Waals surface area contributed by atoms with Crippen LogP contribution in [0.2, 0.25) is 0 Å². The highest BCUT2D eigenvalue weighted by Gasteiger charge is 2.28. The zero-order valence-electron chi connectivity index (χ0n) is 10.2. The molecule has 1 aromatic rings. The normalized spacial score (nSPS) is 16.9. The van der Waals surface area contributed by atoms with Gasteiger partial charge in [0.15, 0.2) is 0 Å². The molecule has 0 aliphatic carbocycles. The Bertz CT molecular complexity index is 397. The first-order valence-corrected chi connectivity index (χ1v) is 5.61. The quantitative estimate of drug-likeness (QED) is 0.586. The minimum Gasteiger partial charge on any atom is -1.00 e. The molecule has 1 fully saturated rings. The van der Waals surface area contributed by atoms with Crippen molar-refractivity contribution in [3.8, 4) is 0 Å². The smallest absolute Gasteiger partial charge is 0.325 e.